The Labute approximate surface area is 151 Å². The molecule has 0 N–H and O–H groups in total. The molecule has 0 saturated heterocycles. The molecule has 26 heavy (non-hydrogen) atoms. The molecule has 0 spiro atoms. The van der Waals surface area contributed by atoms with Gasteiger partial charge in [0.1, 0.15) is 11.5 Å². The molecule has 6 nitrogen and oxygen atoms in total. The minimum Gasteiger partial charge on any atom is -0.467 e. The lowest BCUT2D eigenvalue weighted by molar-refractivity contribution is 0.0191. The van der Waals surface area contributed by atoms with E-state index < -0.39 is 0 Å². The van der Waals surface area contributed by atoms with Gasteiger partial charge in [0, 0.05) is 24.3 Å². The van der Waals surface area contributed by atoms with Crippen LogP contribution in [0.1, 0.15) is 45.7 Å². The van der Waals surface area contributed by atoms with E-state index in [0.29, 0.717) is 35.8 Å². The van der Waals surface area contributed by atoms with Crippen LogP contribution in [0.3, 0.4) is 0 Å². The van der Waals surface area contributed by atoms with Crippen molar-refractivity contribution >= 4 is 11.6 Å². The lowest BCUT2D eigenvalue weighted by atomic mass is 9.83. The second kappa shape index (κ2) is 8.12. The van der Waals surface area contributed by atoms with E-state index in [4.69, 9.17) is 18.9 Å². The Morgan fingerprint density at radius 3 is 1.50 bits per heavy atom. The first-order chi connectivity index (χ1) is 12.7. The van der Waals surface area contributed by atoms with E-state index in [9.17, 15) is 9.59 Å². The van der Waals surface area contributed by atoms with Gasteiger partial charge in [0.25, 0.3) is 0 Å². The van der Waals surface area contributed by atoms with E-state index in [1.165, 1.54) is 0 Å². The zero-order valence-electron chi connectivity index (χ0n) is 14.7. The van der Waals surface area contributed by atoms with Gasteiger partial charge in [-0.1, -0.05) is 24.3 Å². The van der Waals surface area contributed by atoms with E-state index in [2.05, 4.69) is 0 Å². The third-order valence-corrected chi connectivity index (χ3v) is 4.00. The Hall–Kier alpha value is -2.70. The third-order valence-electron chi connectivity index (χ3n) is 4.00. The van der Waals surface area contributed by atoms with Crippen LogP contribution in [-0.4, -0.2) is 38.4 Å². The summed E-state index contributed by atoms with van der Waals surface area (Å²) in [6, 6.07) is 9.95. The fourth-order valence-corrected chi connectivity index (χ4v) is 2.78. The second-order valence-electron chi connectivity index (χ2n) is 5.53. The zero-order chi connectivity index (χ0) is 18.5. The van der Waals surface area contributed by atoms with Crippen LogP contribution in [0, 0.1) is 0 Å². The van der Waals surface area contributed by atoms with Crippen LogP contribution >= 0.6 is 0 Å². The van der Waals surface area contributed by atoms with Crippen molar-refractivity contribution in [3.8, 4) is 11.5 Å². The van der Waals surface area contributed by atoms with Gasteiger partial charge in [-0.3, -0.25) is 9.59 Å². The van der Waals surface area contributed by atoms with E-state index in [1.54, 1.807) is 36.4 Å². The lowest BCUT2D eigenvalue weighted by Gasteiger charge is -2.22. The van der Waals surface area contributed by atoms with Crippen LogP contribution in [0.5, 0.6) is 11.5 Å². The summed E-state index contributed by atoms with van der Waals surface area (Å²) in [4.78, 5) is 26.1. The van der Waals surface area contributed by atoms with Crippen LogP contribution < -0.4 is 9.47 Å². The molecule has 6 heteroatoms. The lowest BCUT2D eigenvalue weighted by Crippen LogP contribution is -2.23. The van der Waals surface area contributed by atoms with Crippen molar-refractivity contribution in [1.29, 1.82) is 0 Å². The minimum atomic E-state index is -0.274. The molecule has 0 bridgehead atoms. The predicted octanol–water partition coefficient (Wildman–Crippen LogP) is 3.21. The maximum atomic E-state index is 13.0. The molecular formula is C20H20O6. The summed E-state index contributed by atoms with van der Waals surface area (Å²) in [5.74, 6) is 0.0437. The maximum absolute atomic E-state index is 13.0. The first kappa shape index (κ1) is 18.1. The summed E-state index contributed by atoms with van der Waals surface area (Å²) in [5.41, 5.74) is 1.10. The topological polar surface area (TPSA) is 71.1 Å². The van der Waals surface area contributed by atoms with Crippen LogP contribution in [0.4, 0.5) is 0 Å². The minimum absolute atomic E-state index is 0.00872. The van der Waals surface area contributed by atoms with Crippen LogP contribution in [0.2, 0.25) is 0 Å². The Balaban J connectivity index is 2.07. The van der Waals surface area contributed by atoms with Crippen molar-refractivity contribution in [1.82, 2.24) is 0 Å². The Morgan fingerprint density at radius 1 is 0.692 bits per heavy atom. The summed E-state index contributed by atoms with van der Waals surface area (Å²) in [5, 5.41) is 0. The van der Waals surface area contributed by atoms with Gasteiger partial charge in [0.05, 0.1) is 11.1 Å². The summed E-state index contributed by atoms with van der Waals surface area (Å²) >= 11 is 0. The molecule has 1 aliphatic carbocycles. The number of fused-ring (bicyclic) bond motifs is 2. The van der Waals surface area contributed by atoms with Crippen molar-refractivity contribution in [2.45, 2.75) is 13.8 Å². The molecule has 0 aliphatic heterocycles. The molecule has 0 atom stereocenters. The van der Waals surface area contributed by atoms with Crippen molar-refractivity contribution in [3.05, 3.63) is 58.7 Å². The maximum Gasteiger partial charge on any atom is 0.198 e. The summed E-state index contributed by atoms with van der Waals surface area (Å²) < 4.78 is 21.6. The zero-order valence-corrected chi connectivity index (χ0v) is 14.7. The number of carbonyl (C=O) groups is 2. The van der Waals surface area contributed by atoms with Gasteiger partial charge in [-0.15, -0.1) is 0 Å². The Bertz CT molecular complexity index is 759. The number of hydrogen-bond donors (Lipinski definition) is 0. The van der Waals surface area contributed by atoms with Crippen LogP contribution in [0.15, 0.2) is 36.4 Å². The average Bonchev–Trinajstić information content (AvgIpc) is 2.67. The molecule has 136 valence electrons. The number of rotatable bonds is 8. The number of carbonyl (C=O) groups excluding carboxylic acids is 2. The quantitative estimate of drug-likeness (QED) is 0.456. The molecule has 2 aromatic rings. The molecule has 0 radical (unpaired) electrons. The molecule has 0 aromatic heterocycles. The highest BCUT2D eigenvalue weighted by Gasteiger charge is 2.35. The van der Waals surface area contributed by atoms with Crippen molar-refractivity contribution in [2.75, 3.05) is 26.8 Å². The standard InChI is InChI=1S/C20H20O6/c1-3-23-11-25-15-9-10-16(26-12-24-4-2)18-17(15)19(21)13-7-5-6-8-14(13)20(18)22/h5-10H,3-4,11-12H2,1-2H3. The Morgan fingerprint density at radius 2 is 1.12 bits per heavy atom. The fraction of sp³-hybridized carbons (Fsp3) is 0.300. The van der Waals surface area contributed by atoms with Gasteiger partial charge in [-0.25, -0.2) is 0 Å². The smallest absolute Gasteiger partial charge is 0.198 e. The van der Waals surface area contributed by atoms with Crippen molar-refractivity contribution < 1.29 is 28.5 Å². The van der Waals surface area contributed by atoms with E-state index in [1.807, 2.05) is 13.8 Å². The van der Waals surface area contributed by atoms with Gasteiger partial charge in [-0.05, 0) is 26.0 Å². The fourth-order valence-electron chi connectivity index (χ4n) is 2.78. The number of benzene rings is 2. The normalized spacial score (nSPS) is 12.5. The summed E-state index contributed by atoms with van der Waals surface area (Å²) in [7, 11) is 0. The van der Waals surface area contributed by atoms with Gasteiger partial charge < -0.3 is 18.9 Å². The number of ketones is 2. The molecule has 1 aliphatic rings. The van der Waals surface area contributed by atoms with E-state index in [-0.39, 0.29) is 36.3 Å². The summed E-state index contributed by atoms with van der Waals surface area (Å²) in [6.45, 7) is 4.63. The molecule has 0 unspecified atom stereocenters. The van der Waals surface area contributed by atoms with Crippen molar-refractivity contribution in [2.24, 2.45) is 0 Å². The van der Waals surface area contributed by atoms with Crippen LogP contribution in [-0.2, 0) is 9.47 Å². The van der Waals surface area contributed by atoms with Gasteiger partial charge in [0.2, 0.25) is 0 Å². The molecule has 0 fully saturated rings. The first-order valence-corrected chi connectivity index (χ1v) is 8.45. The molecule has 0 saturated carbocycles. The third kappa shape index (κ3) is 3.34. The number of hydrogen-bond acceptors (Lipinski definition) is 6. The Kier molecular flexibility index (Phi) is 5.65. The molecule has 0 amide bonds. The number of ether oxygens (including phenoxy) is 4. The SMILES string of the molecule is CCOCOc1ccc(OCOCC)c2c1C(=O)c1ccccc1C2=O. The predicted molar refractivity (Wildman–Crippen MR) is 94.0 cm³/mol. The molecule has 3 rings (SSSR count). The van der Waals surface area contributed by atoms with Crippen LogP contribution in [0.25, 0.3) is 0 Å². The van der Waals surface area contributed by atoms with Crippen molar-refractivity contribution in [3.63, 3.8) is 0 Å². The van der Waals surface area contributed by atoms with E-state index in [0.717, 1.165) is 0 Å². The second-order valence-corrected chi connectivity index (χ2v) is 5.53. The highest BCUT2D eigenvalue weighted by molar-refractivity contribution is 6.30. The van der Waals surface area contributed by atoms with E-state index >= 15 is 0 Å². The first-order valence-electron chi connectivity index (χ1n) is 8.45. The monoisotopic (exact) mass is 356 g/mol. The molecular weight excluding hydrogens is 336 g/mol. The largest absolute Gasteiger partial charge is 0.467 e. The van der Waals surface area contributed by atoms with Gasteiger partial charge >= 0.3 is 0 Å². The molecule has 2 aromatic carbocycles. The highest BCUT2D eigenvalue weighted by Crippen LogP contribution is 2.38. The van der Waals surface area contributed by atoms with Gasteiger partial charge in [0.15, 0.2) is 25.2 Å². The average molecular weight is 356 g/mol. The highest BCUT2D eigenvalue weighted by atomic mass is 16.7. The molecule has 0 heterocycles. The summed E-state index contributed by atoms with van der Waals surface area (Å²) in [6.07, 6.45) is 0. The van der Waals surface area contributed by atoms with Gasteiger partial charge in [-0.2, -0.15) is 0 Å².